The molecule has 1 aromatic carbocycles. The van der Waals surface area contributed by atoms with Crippen LogP contribution in [0.4, 0.5) is 0 Å². The number of hydrogen-bond acceptors (Lipinski definition) is 9. The zero-order chi connectivity index (χ0) is 25.5. The number of methoxy groups -OCH3 is 2. The summed E-state index contributed by atoms with van der Waals surface area (Å²) >= 11 is 2.71. The molecule has 2 aromatic rings. The van der Waals surface area contributed by atoms with Crippen molar-refractivity contribution in [2.24, 2.45) is 29.6 Å². The molecule has 0 radical (unpaired) electrons. The van der Waals surface area contributed by atoms with Gasteiger partial charge in [0.1, 0.15) is 0 Å². The number of likely N-dealkylation sites (tertiary alicyclic amines) is 1. The van der Waals surface area contributed by atoms with Gasteiger partial charge in [0.05, 0.1) is 37.5 Å². The Labute approximate surface area is 213 Å². The summed E-state index contributed by atoms with van der Waals surface area (Å²) in [5, 5.41) is 20.3. The molecular formula is C24H24N2O8S2. The van der Waals surface area contributed by atoms with Gasteiger partial charge >= 0.3 is 10.8 Å². The maximum atomic E-state index is 13.4. The third-order valence-corrected chi connectivity index (χ3v) is 10.8. The minimum atomic E-state index is -1.05. The number of amides is 2. The van der Waals surface area contributed by atoms with Crippen molar-refractivity contribution in [3.8, 4) is 17.2 Å². The standard InChI is InChI=1S/C24H24N2O8S2/c1-33-11-5-8(6-12(34-2)18(11)29)14-15-9-7-10(19(15)35-21-20(14)36-24(32)25-21)17-16(9)22(30)26(23(17)31)4-3-13(27)28/h5-6,9-10,14-17,19,29H,3-4,7H2,1-2H3,(H,25,32)(H,27,28)/t9-,10+,14+,15-,16+,17+,19-/m1/s1. The highest BCUT2D eigenvalue weighted by atomic mass is 32.2. The van der Waals surface area contributed by atoms with Gasteiger partial charge in [-0.15, -0.1) is 11.8 Å². The van der Waals surface area contributed by atoms with Gasteiger partial charge in [-0.3, -0.25) is 24.1 Å². The lowest BCUT2D eigenvalue weighted by molar-refractivity contribution is -0.142. The molecule has 3 heterocycles. The topological polar surface area (TPSA) is 146 Å². The number of H-pyrrole nitrogens is 1. The Morgan fingerprint density at radius 1 is 1.11 bits per heavy atom. The third kappa shape index (κ3) is 3.16. The van der Waals surface area contributed by atoms with Crippen molar-refractivity contribution in [2.75, 3.05) is 20.8 Å². The molecule has 2 saturated carbocycles. The maximum absolute atomic E-state index is 13.4. The van der Waals surface area contributed by atoms with Crippen molar-refractivity contribution in [1.82, 2.24) is 9.88 Å². The quantitative estimate of drug-likeness (QED) is 0.476. The number of thiazole rings is 1. The second-order valence-corrected chi connectivity index (χ2v) is 11.9. The van der Waals surface area contributed by atoms with Crippen molar-refractivity contribution in [1.29, 1.82) is 0 Å². The number of carbonyl (C=O) groups is 3. The van der Waals surface area contributed by atoms with Gasteiger partial charge in [0, 0.05) is 22.6 Å². The van der Waals surface area contributed by atoms with E-state index in [-0.39, 0.29) is 75.8 Å². The number of aromatic nitrogens is 1. The van der Waals surface area contributed by atoms with Gasteiger partial charge in [0.25, 0.3) is 0 Å². The number of carboxylic acids is 1. The molecule has 0 spiro atoms. The molecule has 2 amide bonds. The average molecular weight is 533 g/mol. The molecule has 10 nitrogen and oxygen atoms in total. The molecule has 36 heavy (non-hydrogen) atoms. The molecule has 0 unspecified atom stereocenters. The fourth-order valence-electron chi connectivity index (χ4n) is 6.97. The molecule has 1 aromatic heterocycles. The summed E-state index contributed by atoms with van der Waals surface area (Å²) in [6.45, 7) is -0.113. The third-order valence-electron chi connectivity index (χ3n) is 8.23. The van der Waals surface area contributed by atoms with Crippen LogP contribution in [-0.2, 0) is 14.4 Å². The lowest BCUT2D eigenvalue weighted by atomic mass is 9.68. The zero-order valence-electron chi connectivity index (χ0n) is 19.4. The number of thioether (sulfide) groups is 1. The molecule has 3 fully saturated rings. The van der Waals surface area contributed by atoms with E-state index in [1.807, 2.05) is 0 Å². The summed E-state index contributed by atoms with van der Waals surface area (Å²) in [6.07, 6.45) is 0.450. The monoisotopic (exact) mass is 532 g/mol. The van der Waals surface area contributed by atoms with E-state index in [0.29, 0.717) is 0 Å². The Morgan fingerprint density at radius 2 is 1.75 bits per heavy atom. The SMILES string of the molecule is COc1cc([C@@H]2c3sc(=O)[nH]c3S[C@@H]3[C@H]4C[C@@H]([C@@H]5C(=O)N(CCC(=O)O)C(=O)[C@@H]45)[C@H]23)cc(OC)c1O. The van der Waals surface area contributed by atoms with Crippen LogP contribution in [0, 0.1) is 29.6 Å². The zero-order valence-corrected chi connectivity index (χ0v) is 21.1. The molecule has 2 bridgehead atoms. The van der Waals surface area contributed by atoms with E-state index in [1.165, 1.54) is 14.2 Å². The minimum Gasteiger partial charge on any atom is -0.502 e. The van der Waals surface area contributed by atoms with Crippen molar-refractivity contribution < 1.29 is 34.1 Å². The first-order valence-corrected chi connectivity index (χ1v) is 13.4. The minimum absolute atomic E-state index is 0.000895. The number of imide groups is 1. The highest BCUT2D eigenvalue weighted by Crippen LogP contribution is 2.68. The first kappa shape index (κ1) is 23.4. The number of phenols is 1. The number of fused-ring (bicyclic) bond motifs is 9. The molecule has 7 atom stereocenters. The molecule has 12 heteroatoms. The fourth-order valence-corrected chi connectivity index (χ4v) is 9.86. The van der Waals surface area contributed by atoms with Crippen molar-refractivity contribution >= 4 is 40.9 Å². The highest BCUT2D eigenvalue weighted by molar-refractivity contribution is 8.00. The molecule has 2 aliphatic heterocycles. The highest BCUT2D eigenvalue weighted by Gasteiger charge is 2.69. The van der Waals surface area contributed by atoms with Gasteiger partial charge in [-0.2, -0.15) is 0 Å². The van der Waals surface area contributed by atoms with Crippen LogP contribution in [0.2, 0.25) is 0 Å². The summed E-state index contributed by atoms with van der Waals surface area (Å²) in [4.78, 5) is 54.9. The average Bonchev–Trinajstić information content (AvgIpc) is 3.57. The number of carbonyl (C=O) groups excluding carboxylic acids is 2. The number of aromatic amines is 1. The molecule has 1 saturated heterocycles. The van der Waals surface area contributed by atoms with Gasteiger partial charge in [0.2, 0.25) is 17.6 Å². The van der Waals surface area contributed by atoms with E-state index < -0.39 is 17.8 Å². The first-order valence-electron chi connectivity index (χ1n) is 11.7. The number of hydrogen-bond donors (Lipinski definition) is 3. The number of nitrogens with one attached hydrogen (secondary N) is 1. The predicted molar refractivity (Wildman–Crippen MR) is 129 cm³/mol. The Bertz CT molecular complexity index is 1330. The van der Waals surface area contributed by atoms with Crippen LogP contribution in [-0.4, -0.2) is 63.9 Å². The largest absolute Gasteiger partial charge is 0.502 e. The van der Waals surface area contributed by atoms with Crippen LogP contribution in [0.15, 0.2) is 22.0 Å². The van der Waals surface area contributed by atoms with E-state index in [9.17, 15) is 24.3 Å². The summed E-state index contributed by atoms with van der Waals surface area (Å²) < 4.78 is 10.8. The Kier molecular flexibility index (Phi) is 5.38. The van der Waals surface area contributed by atoms with Gasteiger partial charge in [-0.25, -0.2) is 0 Å². The number of benzene rings is 1. The second-order valence-electron chi connectivity index (χ2n) is 9.71. The number of ether oxygens (including phenoxy) is 2. The Morgan fingerprint density at radius 3 is 2.36 bits per heavy atom. The van der Waals surface area contributed by atoms with E-state index in [2.05, 4.69) is 4.98 Å². The van der Waals surface area contributed by atoms with Crippen molar-refractivity contribution in [3.05, 3.63) is 32.2 Å². The van der Waals surface area contributed by atoms with E-state index in [1.54, 1.807) is 23.9 Å². The second kappa shape index (κ2) is 8.27. The van der Waals surface area contributed by atoms with Crippen LogP contribution in [0.25, 0.3) is 0 Å². The predicted octanol–water partition coefficient (Wildman–Crippen LogP) is 2.11. The maximum Gasteiger partial charge on any atom is 0.305 e. The van der Waals surface area contributed by atoms with Crippen LogP contribution in [0.5, 0.6) is 17.2 Å². The number of nitrogens with zero attached hydrogens (tertiary/aromatic N) is 1. The van der Waals surface area contributed by atoms with Gasteiger partial charge in [-0.1, -0.05) is 11.3 Å². The van der Waals surface area contributed by atoms with Crippen LogP contribution < -0.4 is 14.3 Å². The van der Waals surface area contributed by atoms with Crippen LogP contribution >= 0.6 is 23.1 Å². The van der Waals surface area contributed by atoms with E-state index in [4.69, 9.17) is 14.6 Å². The number of carboxylic acid groups (broad SMARTS) is 1. The van der Waals surface area contributed by atoms with E-state index >= 15 is 0 Å². The summed E-state index contributed by atoms with van der Waals surface area (Å²) in [6, 6.07) is 3.49. The van der Waals surface area contributed by atoms with Crippen LogP contribution in [0.1, 0.15) is 29.2 Å². The summed E-state index contributed by atoms with van der Waals surface area (Å²) in [7, 11) is 2.91. The Balaban J connectivity index is 1.45. The molecule has 6 rings (SSSR count). The number of phenolic OH excluding ortho intramolecular Hbond substituents is 1. The van der Waals surface area contributed by atoms with Crippen LogP contribution in [0.3, 0.4) is 0 Å². The van der Waals surface area contributed by atoms with Gasteiger partial charge in [0.15, 0.2) is 11.5 Å². The fraction of sp³-hybridized carbons (Fsp3) is 0.500. The first-order chi connectivity index (χ1) is 17.2. The molecule has 190 valence electrons. The Hall–Kier alpha value is -2.99. The normalized spacial score (nSPS) is 31.8. The smallest absolute Gasteiger partial charge is 0.305 e. The number of aromatic hydroxyl groups is 1. The van der Waals surface area contributed by atoms with Crippen molar-refractivity contribution in [3.63, 3.8) is 0 Å². The van der Waals surface area contributed by atoms with E-state index in [0.717, 1.165) is 38.1 Å². The lowest BCUT2D eigenvalue weighted by Gasteiger charge is -2.43. The number of aliphatic carboxylic acids is 1. The summed E-state index contributed by atoms with van der Waals surface area (Å²) in [5.74, 6) is -2.61. The molecular weight excluding hydrogens is 508 g/mol. The van der Waals surface area contributed by atoms with Gasteiger partial charge < -0.3 is 24.7 Å². The molecule has 2 aliphatic carbocycles. The summed E-state index contributed by atoms with van der Waals surface area (Å²) in [5.41, 5.74) is 0.803. The molecule has 4 aliphatic rings. The molecule has 3 N–H and O–H groups in total. The van der Waals surface area contributed by atoms with Crippen molar-refractivity contribution in [2.45, 2.75) is 29.0 Å². The number of rotatable bonds is 6. The lowest BCUT2D eigenvalue weighted by Crippen LogP contribution is -2.42. The van der Waals surface area contributed by atoms with Gasteiger partial charge in [-0.05, 0) is 41.9 Å².